The van der Waals surface area contributed by atoms with Gasteiger partial charge in [0.25, 0.3) is 0 Å². The Hall–Kier alpha value is -0.810. The summed E-state index contributed by atoms with van der Waals surface area (Å²) < 4.78 is 5.10. The van der Waals surface area contributed by atoms with E-state index in [2.05, 4.69) is 13.5 Å². The summed E-state index contributed by atoms with van der Waals surface area (Å²) in [5.74, 6) is 0. The van der Waals surface area contributed by atoms with Crippen LogP contribution in [0.3, 0.4) is 0 Å². The molecule has 0 heterocycles. The summed E-state index contributed by atoms with van der Waals surface area (Å²) in [5, 5.41) is 8.26. The molecule has 10 heavy (non-hydrogen) atoms. The SMILES string of the molecule is C=C(C#N)COCCCC. The molecular formula is C8H13NO. The molecule has 0 N–H and O–H groups in total. The number of hydrogen-bond donors (Lipinski definition) is 0. The van der Waals surface area contributed by atoms with E-state index in [9.17, 15) is 0 Å². The Morgan fingerprint density at radius 2 is 2.40 bits per heavy atom. The third-order valence-electron chi connectivity index (χ3n) is 1.08. The molecule has 0 spiro atoms. The highest BCUT2D eigenvalue weighted by Crippen LogP contribution is 1.91. The van der Waals surface area contributed by atoms with E-state index in [1.54, 1.807) is 0 Å². The predicted molar refractivity (Wildman–Crippen MR) is 40.5 cm³/mol. The number of hydrogen-bond acceptors (Lipinski definition) is 2. The molecule has 0 aliphatic rings. The van der Waals surface area contributed by atoms with Gasteiger partial charge >= 0.3 is 0 Å². The van der Waals surface area contributed by atoms with Crippen molar-refractivity contribution in [3.8, 4) is 6.07 Å². The van der Waals surface area contributed by atoms with Crippen LogP contribution in [0.2, 0.25) is 0 Å². The fraction of sp³-hybridized carbons (Fsp3) is 0.625. The quantitative estimate of drug-likeness (QED) is 0.430. The predicted octanol–water partition coefficient (Wildman–Crippen LogP) is 1.88. The maximum absolute atomic E-state index is 8.26. The molecule has 56 valence electrons. The second kappa shape index (κ2) is 6.31. The molecule has 0 aromatic heterocycles. The number of unbranched alkanes of at least 4 members (excludes halogenated alkanes) is 1. The van der Waals surface area contributed by atoms with E-state index in [0.717, 1.165) is 19.4 Å². The van der Waals surface area contributed by atoms with Crippen LogP contribution in [0.25, 0.3) is 0 Å². The van der Waals surface area contributed by atoms with Gasteiger partial charge in [0.05, 0.1) is 12.7 Å². The highest BCUT2D eigenvalue weighted by atomic mass is 16.5. The van der Waals surface area contributed by atoms with Crippen LogP contribution in [0.5, 0.6) is 0 Å². The zero-order valence-electron chi connectivity index (χ0n) is 6.39. The molecule has 0 aromatic rings. The molecule has 0 fully saturated rings. The van der Waals surface area contributed by atoms with E-state index in [-0.39, 0.29) is 0 Å². The lowest BCUT2D eigenvalue weighted by atomic mass is 10.3. The first-order chi connectivity index (χ1) is 4.81. The standard InChI is InChI=1S/C8H13NO/c1-3-4-5-10-7-8(2)6-9/h2-5,7H2,1H3. The third-order valence-corrected chi connectivity index (χ3v) is 1.08. The smallest absolute Gasteiger partial charge is 0.0965 e. The van der Waals surface area contributed by atoms with Crippen LogP contribution >= 0.6 is 0 Å². The Morgan fingerprint density at radius 1 is 1.70 bits per heavy atom. The second-order valence-electron chi connectivity index (χ2n) is 2.12. The van der Waals surface area contributed by atoms with Gasteiger partial charge in [-0.1, -0.05) is 19.9 Å². The Bertz CT molecular complexity index is 135. The van der Waals surface area contributed by atoms with Crippen molar-refractivity contribution in [2.75, 3.05) is 13.2 Å². The number of nitrogens with zero attached hydrogens (tertiary/aromatic N) is 1. The van der Waals surface area contributed by atoms with Gasteiger partial charge < -0.3 is 4.74 Å². The Kier molecular flexibility index (Phi) is 5.80. The van der Waals surface area contributed by atoms with Crippen molar-refractivity contribution in [1.29, 1.82) is 5.26 Å². The van der Waals surface area contributed by atoms with E-state index in [0.29, 0.717) is 12.2 Å². The minimum atomic E-state index is 0.385. The zero-order valence-corrected chi connectivity index (χ0v) is 6.39. The van der Waals surface area contributed by atoms with Crippen molar-refractivity contribution >= 4 is 0 Å². The van der Waals surface area contributed by atoms with Crippen LogP contribution in [0, 0.1) is 11.3 Å². The average molecular weight is 139 g/mol. The van der Waals surface area contributed by atoms with E-state index in [1.165, 1.54) is 0 Å². The first-order valence-corrected chi connectivity index (χ1v) is 3.47. The van der Waals surface area contributed by atoms with E-state index < -0.39 is 0 Å². The highest BCUT2D eigenvalue weighted by Gasteiger charge is 1.89. The van der Waals surface area contributed by atoms with Gasteiger partial charge in [0.15, 0.2) is 0 Å². The number of rotatable bonds is 5. The van der Waals surface area contributed by atoms with Crippen LogP contribution < -0.4 is 0 Å². The minimum Gasteiger partial charge on any atom is -0.376 e. The monoisotopic (exact) mass is 139 g/mol. The third kappa shape index (κ3) is 5.33. The molecule has 0 atom stereocenters. The van der Waals surface area contributed by atoms with Gasteiger partial charge in [-0.2, -0.15) is 5.26 Å². The Balaban J connectivity index is 3.06. The summed E-state index contributed by atoms with van der Waals surface area (Å²) in [6.45, 7) is 6.70. The first kappa shape index (κ1) is 9.19. The summed E-state index contributed by atoms with van der Waals surface area (Å²) in [6, 6.07) is 1.92. The summed E-state index contributed by atoms with van der Waals surface area (Å²) in [7, 11) is 0. The Morgan fingerprint density at radius 3 is 2.90 bits per heavy atom. The lowest BCUT2D eigenvalue weighted by Crippen LogP contribution is -1.97. The molecule has 2 heteroatoms. The average Bonchev–Trinajstić information content (AvgIpc) is 1.98. The molecule has 0 amide bonds. The molecule has 0 unspecified atom stereocenters. The second-order valence-corrected chi connectivity index (χ2v) is 2.12. The largest absolute Gasteiger partial charge is 0.376 e. The van der Waals surface area contributed by atoms with Crippen molar-refractivity contribution in [3.63, 3.8) is 0 Å². The molecular weight excluding hydrogens is 126 g/mol. The summed E-state index contributed by atoms with van der Waals surface area (Å²) in [6.07, 6.45) is 2.18. The van der Waals surface area contributed by atoms with Crippen LogP contribution in [0.15, 0.2) is 12.2 Å². The summed E-state index contributed by atoms with van der Waals surface area (Å²) in [5.41, 5.74) is 0.496. The molecule has 0 aliphatic carbocycles. The van der Waals surface area contributed by atoms with Gasteiger partial charge in [0.2, 0.25) is 0 Å². The molecule has 0 saturated heterocycles. The fourth-order valence-corrected chi connectivity index (χ4v) is 0.474. The Labute approximate surface area is 62.1 Å². The lowest BCUT2D eigenvalue weighted by molar-refractivity contribution is 0.155. The van der Waals surface area contributed by atoms with Gasteiger partial charge in [-0.05, 0) is 6.42 Å². The lowest BCUT2D eigenvalue weighted by Gasteiger charge is -1.98. The first-order valence-electron chi connectivity index (χ1n) is 3.47. The zero-order chi connectivity index (χ0) is 7.82. The van der Waals surface area contributed by atoms with Crippen molar-refractivity contribution < 1.29 is 4.74 Å². The molecule has 2 nitrogen and oxygen atoms in total. The van der Waals surface area contributed by atoms with Crippen molar-refractivity contribution in [2.45, 2.75) is 19.8 Å². The van der Waals surface area contributed by atoms with Gasteiger partial charge in [0, 0.05) is 12.2 Å². The van der Waals surface area contributed by atoms with E-state index in [4.69, 9.17) is 10.00 Å². The van der Waals surface area contributed by atoms with Crippen molar-refractivity contribution in [2.24, 2.45) is 0 Å². The highest BCUT2D eigenvalue weighted by molar-refractivity contribution is 5.15. The molecule has 0 saturated carbocycles. The van der Waals surface area contributed by atoms with Gasteiger partial charge in [0.1, 0.15) is 0 Å². The minimum absolute atomic E-state index is 0.385. The van der Waals surface area contributed by atoms with Crippen molar-refractivity contribution in [3.05, 3.63) is 12.2 Å². The maximum Gasteiger partial charge on any atom is 0.0965 e. The topological polar surface area (TPSA) is 33.0 Å². The van der Waals surface area contributed by atoms with E-state index in [1.807, 2.05) is 6.07 Å². The van der Waals surface area contributed by atoms with Gasteiger partial charge in [-0.25, -0.2) is 0 Å². The molecule has 0 aliphatic heterocycles. The summed E-state index contributed by atoms with van der Waals surface area (Å²) >= 11 is 0. The van der Waals surface area contributed by atoms with Crippen LogP contribution in [-0.4, -0.2) is 13.2 Å². The maximum atomic E-state index is 8.26. The van der Waals surface area contributed by atoms with Crippen LogP contribution in [0.4, 0.5) is 0 Å². The van der Waals surface area contributed by atoms with Crippen LogP contribution in [-0.2, 0) is 4.74 Å². The number of ether oxygens (including phenoxy) is 1. The van der Waals surface area contributed by atoms with Crippen molar-refractivity contribution in [1.82, 2.24) is 0 Å². The van der Waals surface area contributed by atoms with E-state index >= 15 is 0 Å². The molecule has 0 bridgehead atoms. The molecule has 0 radical (unpaired) electrons. The van der Waals surface area contributed by atoms with Crippen LogP contribution in [0.1, 0.15) is 19.8 Å². The number of nitriles is 1. The van der Waals surface area contributed by atoms with Gasteiger partial charge in [-0.3, -0.25) is 0 Å². The van der Waals surface area contributed by atoms with Gasteiger partial charge in [-0.15, -0.1) is 0 Å². The molecule has 0 aromatic carbocycles. The fourth-order valence-electron chi connectivity index (χ4n) is 0.474. The molecule has 0 rings (SSSR count). The normalized spacial score (nSPS) is 8.80. The summed E-state index contributed by atoms with van der Waals surface area (Å²) in [4.78, 5) is 0.